The molecule has 2 heterocycles. The van der Waals surface area contributed by atoms with Crippen LogP contribution in [0.1, 0.15) is 50.2 Å². The number of hydrogen-bond donors (Lipinski definition) is 1. The zero-order valence-corrected chi connectivity index (χ0v) is 11.7. The molecule has 1 aliphatic rings. The fourth-order valence-electron chi connectivity index (χ4n) is 3.18. The second kappa shape index (κ2) is 5.51. The van der Waals surface area contributed by atoms with Crippen LogP contribution in [0.25, 0.3) is 5.52 Å². The molecule has 0 aromatic carbocycles. The minimum Gasteiger partial charge on any atom is -0.388 e. The van der Waals surface area contributed by atoms with Gasteiger partial charge in [0.15, 0.2) is 0 Å². The second-order valence-corrected chi connectivity index (χ2v) is 5.93. The summed E-state index contributed by atoms with van der Waals surface area (Å²) >= 11 is 6.27. The van der Waals surface area contributed by atoms with Crippen molar-refractivity contribution in [2.24, 2.45) is 5.92 Å². The summed E-state index contributed by atoms with van der Waals surface area (Å²) in [6, 6.07) is 1.83. The molecule has 1 aliphatic carbocycles. The molecule has 19 heavy (non-hydrogen) atoms. The molecule has 0 amide bonds. The molecule has 1 atom stereocenters. The summed E-state index contributed by atoms with van der Waals surface area (Å²) in [7, 11) is 0. The van der Waals surface area contributed by atoms with E-state index in [2.05, 4.69) is 4.98 Å². The number of imidazole rings is 1. The number of nitrogens with zero attached hydrogens (tertiary/aromatic N) is 2. The molecule has 4 heteroatoms. The van der Waals surface area contributed by atoms with Gasteiger partial charge in [-0.2, -0.15) is 0 Å². The molecule has 1 N–H and O–H groups in total. The molecule has 102 valence electrons. The average Bonchev–Trinajstić information content (AvgIpc) is 2.87. The lowest BCUT2D eigenvalue weighted by molar-refractivity contribution is 0.132. The minimum atomic E-state index is -0.490. The van der Waals surface area contributed by atoms with Crippen LogP contribution in [0.4, 0.5) is 0 Å². The maximum atomic E-state index is 10.5. The molecular weight excluding hydrogens is 260 g/mol. The molecule has 0 radical (unpaired) electrons. The number of rotatable bonds is 3. The highest BCUT2D eigenvalue weighted by atomic mass is 35.5. The van der Waals surface area contributed by atoms with Crippen molar-refractivity contribution in [2.75, 3.05) is 0 Å². The Morgan fingerprint density at radius 3 is 2.95 bits per heavy atom. The van der Waals surface area contributed by atoms with E-state index in [9.17, 15) is 5.11 Å². The summed E-state index contributed by atoms with van der Waals surface area (Å²) in [6.45, 7) is 0. The largest absolute Gasteiger partial charge is 0.388 e. The predicted octanol–water partition coefficient (Wildman–Crippen LogP) is 3.99. The van der Waals surface area contributed by atoms with Gasteiger partial charge in [0.05, 0.1) is 24.1 Å². The molecule has 3 nitrogen and oxygen atoms in total. The highest BCUT2D eigenvalue weighted by Gasteiger charge is 2.22. The lowest BCUT2D eigenvalue weighted by atomic mass is 9.84. The quantitative estimate of drug-likeness (QED) is 0.922. The molecule has 1 fully saturated rings. The van der Waals surface area contributed by atoms with Crippen molar-refractivity contribution in [3.05, 3.63) is 35.4 Å². The lowest BCUT2D eigenvalue weighted by Crippen LogP contribution is -2.12. The van der Waals surface area contributed by atoms with Crippen LogP contribution in [0.3, 0.4) is 0 Å². The first-order valence-corrected chi connectivity index (χ1v) is 7.41. The third-order valence-electron chi connectivity index (χ3n) is 4.20. The Balaban J connectivity index is 1.85. The summed E-state index contributed by atoms with van der Waals surface area (Å²) in [5.41, 5.74) is 1.74. The first-order chi connectivity index (χ1) is 9.25. The van der Waals surface area contributed by atoms with Gasteiger partial charge in [-0.3, -0.25) is 0 Å². The lowest BCUT2D eigenvalue weighted by Gasteiger charge is -2.24. The van der Waals surface area contributed by atoms with Crippen molar-refractivity contribution < 1.29 is 5.11 Å². The maximum absolute atomic E-state index is 10.5. The fraction of sp³-hybridized carbons (Fsp3) is 0.533. The van der Waals surface area contributed by atoms with E-state index >= 15 is 0 Å². The Bertz CT molecular complexity index is 560. The van der Waals surface area contributed by atoms with Crippen molar-refractivity contribution in [1.29, 1.82) is 0 Å². The van der Waals surface area contributed by atoms with Crippen LogP contribution in [0.2, 0.25) is 5.02 Å². The van der Waals surface area contributed by atoms with Crippen LogP contribution >= 0.6 is 11.6 Å². The van der Waals surface area contributed by atoms with Crippen molar-refractivity contribution in [2.45, 2.75) is 44.6 Å². The number of hydrogen-bond acceptors (Lipinski definition) is 2. The fourth-order valence-corrected chi connectivity index (χ4v) is 3.46. The Morgan fingerprint density at radius 2 is 2.16 bits per heavy atom. The van der Waals surface area contributed by atoms with Gasteiger partial charge in [0.2, 0.25) is 0 Å². The minimum absolute atomic E-state index is 0.490. The third kappa shape index (κ3) is 2.63. The molecule has 0 spiro atoms. The van der Waals surface area contributed by atoms with Gasteiger partial charge in [-0.05, 0) is 18.4 Å². The Labute approximate surface area is 118 Å². The smallest absolute Gasteiger partial charge is 0.0992 e. The molecular formula is C15H19ClN2O. The molecule has 0 saturated heterocycles. The molecule has 1 unspecified atom stereocenters. The molecule has 2 aromatic rings. The van der Waals surface area contributed by atoms with E-state index in [1.807, 2.05) is 16.7 Å². The van der Waals surface area contributed by atoms with E-state index in [4.69, 9.17) is 11.6 Å². The molecule has 0 aliphatic heterocycles. The highest BCUT2D eigenvalue weighted by Crippen LogP contribution is 2.35. The first kappa shape index (κ1) is 12.9. The van der Waals surface area contributed by atoms with Gasteiger partial charge in [-0.1, -0.05) is 43.7 Å². The van der Waals surface area contributed by atoms with Gasteiger partial charge < -0.3 is 9.51 Å². The second-order valence-electron chi connectivity index (χ2n) is 5.52. The van der Waals surface area contributed by atoms with Gasteiger partial charge in [0.25, 0.3) is 0 Å². The average molecular weight is 279 g/mol. The van der Waals surface area contributed by atoms with E-state index < -0.39 is 6.10 Å². The predicted molar refractivity (Wildman–Crippen MR) is 76.4 cm³/mol. The Hall–Kier alpha value is -1.06. The standard InChI is InChI=1S/C15H19ClN2O/c16-12-6-7-18-10-17-9-13(18)15(12)14(19)8-11-4-2-1-3-5-11/h6-7,9-11,14,19H,1-5,8H2. The number of aliphatic hydroxyl groups is 1. The van der Waals surface area contributed by atoms with Crippen molar-refractivity contribution in [3.8, 4) is 0 Å². The molecule has 1 saturated carbocycles. The van der Waals surface area contributed by atoms with Gasteiger partial charge in [-0.25, -0.2) is 4.98 Å². The van der Waals surface area contributed by atoms with Crippen molar-refractivity contribution >= 4 is 17.1 Å². The molecule has 2 aromatic heterocycles. The maximum Gasteiger partial charge on any atom is 0.0992 e. The third-order valence-corrected chi connectivity index (χ3v) is 4.52. The van der Waals surface area contributed by atoms with E-state index in [0.717, 1.165) is 17.5 Å². The Kier molecular flexibility index (Phi) is 3.76. The van der Waals surface area contributed by atoms with E-state index in [1.54, 1.807) is 12.5 Å². The monoisotopic (exact) mass is 278 g/mol. The summed E-state index contributed by atoms with van der Waals surface area (Å²) in [5.74, 6) is 0.628. The van der Waals surface area contributed by atoms with Crippen LogP contribution in [0, 0.1) is 5.92 Å². The van der Waals surface area contributed by atoms with Crippen LogP contribution in [0.5, 0.6) is 0 Å². The van der Waals surface area contributed by atoms with Gasteiger partial charge >= 0.3 is 0 Å². The zero-order valence-electron chi connectivity index (χ0n) is 10.9. The zero-order chi connectivity index (χ0) is 13.2. The van der Waals surface area contributed by atoms with Crippen LogP contribution in [-0.4, -0.2) is 14.5 Å². The number of halogens is 1. The van der Waals surface area contributed by atoms with E-state index in [1.165, 1.54) is 32.1 Å². The molecule has 0 bridgehead atoms. The van der Waals surface area contributed by atoms with Crippen molar-refractivity contribution in [1.82, 2.24) is 9.38 Å². The number of fused-ring (bicyclic) bond motifs is 1. The molecule has 3 rings (SSSR count). The summed E-state index contributed by atoms with van der Waals surface area (Å²) in [6.07, 6.45) is 12.1. The van der Waals surface area contributed by atoms with Gasteiger partial charge in [0, 0.05) is 16.8 Å². The van der Waals surface area contributed by atoms with Crippen LogP contribution < -0.4 is 0 Å². The summed E-state index contributed by atoms with van der Waals surface area (Å²) in [5, 5.41) is 11.2. The van der Waals surface area contributed by atoms with E-state index in [-0.39, 0.29) is 0 Å². The van der Waals surface area contributed by atoms with Crippen molar-refractivity contribution in [3.63, 3.8) is 0 Å². The number of pyridine rings is 1. The number of aromatic nitrogens is 2. The number of aliphatic hydroxyl groups excluding tert-OH is 1. The first-order valence-electron chi connectivity index (χ1n) is 7.04. The van der Waals surface area contributed by atoms with Gasteiger partial charge in [-0.15, -0.1) is 0 Å². The van der Waals surface area contributed by atoms with Crippen LogP contribution in [0.15, 0.2) is 24.8 Å². The topological polar surface area (TPSA) is 37.5 Å². The normalized spacial score (nSPS) is 18.8. The highest BCUT2D eigenvalue weighted by molar-refractivity contribution is 6.31. The SMILES string of the molecule is OC(CC1CCCCC1)c1c(Cl)ccn2cncc12. The van der Waals surface area contributed by atoms with Crippen LogP contribution in [-0.2, 0) is 0 Å². The summed E-state index contributed by atoms with van der Waals surface area (Å²) < 4.78 is 1.91. The Morgan fingerprint density at radius 1 is 1.37 bits per heavy atom. The summed E-state index contributed by atoms with van der Waals surface area (Å²) in [4.78, 5) is 4.13. The van der Waals surface area contributed by atoms with E-state index in [0.29, 0.717) is 10.9 Å². The van der Waals surface area contributed by atoms with Gasteiger partial charge in [0.1, 0.15) is 0 Å².